The predicted molar refractivity (Wildman–Crippen MR) is 105 cm³/mol. The topological polar surface area (TPSA) is 98.0 Å². The molecule has 0 saturated heterocycles. The van der Waals surface area contributed by atoms with E-state index in [0.29, 0.717) is 12.8 Å². The molecule has 0 aromatic carbocycles. The molecule has 3 unspecified atom stereocenters. The van der Waals surface area contributed by atoms with Gasteiger partial charge in [-0.2, -0.15) is 0 Å². The van der Waals surface area contributed by atoms with Crippen LogP contribution in [0.25, 0.3) is 0 Å². The maximum absolute atomic E-state index is 11.0. The summed E-state index contributed by atoms with van der Waals surface area (Å²) < 4.78 is 0. The number of aliphatic hydroxyl groups is 3. The van der Waals surface area contributed by atoms with Crippen LogP contribution in [-0.4, -0.2) is 44.2 Å². The third-order valence-electron chi connectivity index (χ3n) is 5.02. The zero-order valence-corrected chi connectivity index (χ0v) is 17.1. The van der Waals surface area contributed by atoms with Crippen LogP contribution in [0.15, 0.2) is 12.2 Å². The van der Waals surface area contributed by atoms with Crippen molar-refractivity contribution in [1.82, 2.24) is 0 Å². The summed E-state index contributed by atoms with van der Waals surface area (Å²) in [6.07, 6.45) is 10.0. The van der Waals surface area contributed by atoms with Gasteiger partial charge in [-0.15, -0.1) is 0 Å². The van der Waals surface area contributed by atoms with Crippen LogP contribution < -0.4 is 0 Å². The Morgan fingerprint density at radius 1 is 1.00 bits per heavy atom. The second kappa shape index (κ2) is 12.5. The number of unbranched alkanes of at least 4 members (excludes halogenated alkanes) is 6. The summed E-state index contributed by atoms with van der Waals surface area (Å²) in [5.74, 6) is -0.752. The van der Waals surface area contributed by atoms with Gasteiger partial charge in [0.05, 0.1) is 11.5 Å². The van der Waals surface area contributed by atoms with Crippen molar-refractivity contribution >= 4 is 5.97 Å². The lowest BCUT2D eigenvalue weighted by atomic mass is 9.87. The summed E-state index contributed by atoms with van der Waals surface area (Å²) in [6, 6.07) is 0. The minimum absolute atomic E-state index is 0.492. The van der Waals surface area contributed by atoms with E-state index in [-0.39, 0.29) is 0 Å². The highest BCUT2D eigenvalue weighted by Gasteiger charge is 2.32. The number of aliphatic hydroxyl groups excluding tert-OH is 2. The van der Waals surface area contributed by atoms with E-state index < -0.39 is 29.2 Å². The summed E-state index contributed by atoms with van der Waals surface area (Å²) >= 11 is 0. The number of rotatable bonds is 15. The first kappa shape index (κ1) is 25.1. The van der Waals surface area contributed by atoms with Crippen molar-refractivity contribution in [2.45, 2.75) is 110 Å². The standard InChI is InChI=1S/C21H40O5/c1-5-6-11-14-17(22)18(23)21(4,26)16-13-10-8-7-9-12-15-20(2,3)19(24)25/h13,16-18,22-23,26H,5-12,14-15H2,1-4H3,(H,24,25)/b16-13-. The van der Waals surface area contributed by atoms with Gasteiger partial charge in [0, 0.05) is 0 Å². The SMILES string of the molecule is CCCCCC(O)C(O)C(C)(O)/C=C\CCCCCCC(C)(C)C(=O)O. The van der Waals surface area contributed by atoms with Crippen molar-refractivity contribution in [2.75, 3.05) is 0 Å². The van der Waals surface area contributed by atoms with Gasteiger partial charge in [0.25, 0.3) is 0 Å². The molecule has 0 spiro atoms. The van der Waals surface area contributed by atoms with Crippen molar-refractivity contribution in [3.05, 3.63) is 12.2 Å². The monoisotopic (exact) mass is 372 g/mol. The molecule has 0 amide bonds. The molecule has 0 bridgehead atoms. The first-order valence-corrected chi connectivity index (χ1v) is 10.0. The van der Waals surface area contributed by atoms with Gasteiger partial charge in [-0.25, -0.2) is 0 Å². The van der Waals surface area contributed by atoms with Crippen LogP contribution in [0.1, 0.15) is 91.9 Å². The van der Waals surface area contributed by atoms with Crippen molar-refractivity contribution in [2.24, 2.45) is 5.41 Å². The number of aliphatic carboxylic acids is 1. The first-order valence-electron chi connectivity index (χ1n) is 10.0. The Morgan fingerprint density at radius 3 is 2.19 bits per heavy atom. The lowest BCUT2D eigenvalue weighted by Gasteiger charge is -2.29. The minimum atomic E-state index is -1.43. The average Bonchev–Trinajstić information content (AvgIpc) is 2.56. The number of carbonyl (C=O) groups is 1. The summed E-state index contributed by atoms with van der Waals surface area (Å²) in [6.45, 7) is 7.10. The molecule has 0 heterocycles. The van der Waals surface area contributed by atoms with Crippen LogP contribution in [0.5, 0.6) is 0 Å². The molecule has 26 heavy (non-hydrogen) atoms. The van der Waals surface area contributed by atoms with Crippen molar-refractivity contribution in [1.29, 1.82) is 0 Å². The highest BCUT2D eigenvalue weighted by Crippen LogP contribution is 2.24. The van der Waals surface area contributed by atoms with E-state index in [1.807, 2.05) is 6.08 Å². The molecule has 154 valence electrons. The summed E-state index contributed by atoms with van der Waals surface area (Å²) in [5.41, 5.74) is -2.09. The number of carboxylic acids is 1. The molecule has 0 saturated carbocycles. The van der Waals surface area contributed by atoms with Crippen LogP contribution in [0.2, 0.25) is 0 Å². The third kappa shape index (κ3) is 10.3. The maximum Gasteiger partial charge on any atom is 0.309 e. The second-order valence-electron chi connectivity index (χ2n) is 8.28. The number of hydrogen-bond acceptors (Lipinski definition) is 4. The van der Waals surface area contributed by atoms with Crippen LogP contribution in [-0.2, 0) is 4.79 Å². The Hall–Kier alpha value is -0.910. The quantitative estimate of drug-likeness (QED) is 0.257. The van der Waals surface area contributed by atoms with Gasteiger partial charge in [0.1, 0.15) is 11.7 Å². The molecule has 0 aliphatic heterocycles. The van der Waals surface area contributed by atoms with Gasteiger partial charge in [0.15, 0.2) is 0 Å². The number of allylic oxidation sites excluding steroid dienone is 1. The number of carboxylic acid groups (broad SMARTS) is 1. The molecular formula is C21H40O5. The van der Waals surface area contributed by atoms with Gasteiger partial charge in [0.2, 0.25) is 0 Å². The van der Waals surface area contributed by atoms with Crippen LogP contribution in [0, 0.1) is 5.41 Å². The normalized spacial score (nSPS) is 17.2. The molecule has 0 radical (unpaired) electrons. The zero-order valence-electron chi connectivity index (χ0n) is 17.1. The van der Waals surface area contributed by atoms with Gasteiger partial charge in [-0.3, -0.25) is 4.79 Å². The third-order valence-corrected chi connectivity index (χ3v) is 5.02. The number of hydrogen-bond donors (Lipinski definition) is 4. The molecule has 0 fully saturated rings. The van der Waals surface area contributed by atoms with E-state index in [4.69, 9.17) is 5.11 Å². The molecule has 0 rings (SSSR count). The molecule has 0 aliphatic rings. The summed E-state index contributed by atoms with van der Waals surface area (Å²) in [5, 5.41) is 39.5. The Bertz CT molecular complexity index is 415. The van der Waals surface area contributed by atoms with E-state index in [1.165, 1.54) is 6.92 Å². The van der Waals surface area contributed by atoms with Gasteiger partial charge >= 0.3 is 5.97 Å². The van der Waals surface area contributed by atoms with Gasteiger partial charge < -0.3 is 20.4 Å². The molecule has 3 atom stereocenters. The molecule has 5 nitrogen and oxygen atoms in total. The van der Waals surface area contributed by atoms with E-state index in [0.717, 1.165) is 51.4 Å². The highest BCUT2D eigenvalue weighted by atomic mass is 16.4. The molecular weight excluding hydrogens is 332 g/mol. The van der Waals surface area contributed by atoms with Crippen LogP contribution >= 0.6 is 0 Å². The lowest BCUT2D eigenvalue weighted by molar-refractivity contribution is -0.147. The van der Waals surface area contributed by atoms with E-state index >= 15 is 0 Å². The average molecular weight is 373 g/mol. The lowest BCUT2D eigenvalue weighted by Crippen LogP contribution is -2.45. The molecule has 4 N–H and O–H groups in total. The fourth-order valence-electron chi connectivity index (χ4n) is 2.86. The Labute approximate surface area is 159 Å². The molecule has 0 aromatic rings. The van der Waals surface area contributed by atoms with E-state index in [1.54, 1.807) is 19.9 Å². The largest absolute Gasteiger partial charge is 0.481 e. The predicted octanol–water partition coefficient (Wildman–Crippen LogP) is 4.05. The fourth-order valence-corrected chi connectivity index (χ4v) is 2.86. The van der Waals surface area contributed by atoms with Crippen molar-refractivity contribution in [3.8, 4) is 0 Å². The Morgan fingerprint density at radius 2 is 1.62 bits per heavy atom. The van der Waals surface area contributed by atoms with E-state index in [2.05, 4.69) is 6.92 Å². The van der Waals surface area contributed by atoms with Crippen molar-refractivity contribution in [3.63, 3.8) is 0 Å². The van der Waals surface area contributed by atoms with Crippen LogP contribution in [0.4, 0.5) is 0 Å². The van der Waals surface area contributed by atoms with Gasteiger partial charge in [-0.05, 0) is 46.5 Å². The highest BCUT2D eigenvalue weighted by molar-refractivity contribution is 5.73. The van der Waals surface area contributed by atoms with Gasteiger partial charge in [-0.1, -0.05) is 57.6 Å². The van der Waals surface area contributed by atoms with Crippen molar-refractivity contribution < 1.29 is 25.2 Å². The van der Waals surface area contributed by atoms with Crippen LogP contribution in [0.3, 0.4) is 0 Å². The Balaban J connectivity index is 4.02. The maximum atomic E-state index is 11.0. The molecule has 5 heteroatoms. The zero-order chi connectivity index (χ0) is 20.2. The second-order valence-corrected chi connectivity index (χ2v) is 8.28. The van der Waals surface area contributed by atoms with E-state index in [9.17, 15) is 20.1 Å². The fraction of sp³-hybridized carbons (Fsp3) is 0.857. The Kier molecular flexibility index (Phi) is 12.0. The smallest absolute Gasteiger partial charge is 0.309 e. The molecule has 0 aromatic heterocycles. The summed E-state index contributed by atoms with van der Waals surface area (Å²) in [7, 11) is 0. The first-order chi connectivity index (χ1) is 12.0. The summed E-state index contributed by atoms with van der Waals surface area (Å²) in [4.78, 5) is 11.0. The minimum Gasteiger partial charge on any atom is -0.481 e. The molecule has 0 aliphatic carbocycles.